The van der Waals surface area contributed by atoms with Gasteiger partial charge in [-0.05, 0) is 86.8 Å². The summed E-state index contributed by atoms with van der Waals surface area (Å²) in [7, 11) is 0. The molecule has 0 aliphatic rings. The van der Waals surface area contributed by atoms with Crippen molar-refractivity contribution in [2.24, 2.45) is 0 Å². The molecule has 0 saturated heterocycles. The summed E-state index contributed by atoms with van der Waals surface area (Å²) in [6.45, 7) is 8.35. The highest BCUT2D eigenvalue weighted by atomic mass is 35.5. The average Bonchev–Trinajstić information content (AvgIpc) is 3.18. The molecule has 58 heavy (non-hydrogen) atoms. The van der Waals surface area contributed by atoms with E-state index in [1.165, 1.54) is 0 Å². The van der Waals surface area contributed by atoms with Crippen molar-refractivity contribution in [1.29, 1.82) is 0 Å². The van der Waals surface area contributed by atoms with Gasteiger partial charge in [0.05, 0.1) is 0 Å². The Labute approximate surface area is 341 Å². The van der Waals surface area contributed by atoms with Gasteiger partial charge in [0.1, 0.15) is 12.2 Å². The van der Waals surface area contributed by atoms with Crippen molar-refractivity contribution in [2.75, 3.05) is 33.1 Å². The van der Waals surface area contributed by atoms with Crippen LogP contribution in [0.3, 0.4) is 0 Å². The molecule has 0 bridgehead atoms. The van der Waals surface area contributed by atoms with E-state index in [1.807, 2.05) is 60.7 Å². The minimum absolute atomic E-state index is 0.0210. The predicted octanol–water partition coefficient (Wildman–Crippen LogP) is 10.2. The first-order valence-corrected chi connectivity index (χ1v) is 19.1. The van der Waals surface area contributed by atoms with Crippen molar-refractivity contribution in [2.45, 2.75) is 59.2 Å². The third-order valence-electron chi connectivity index (χ3n) is 8.03. The number of nitrogens with one attached hydrogen (secondary N) is 5. The quantitative estimate of drug-likeness (QED) is 0.0617. The van der Waals surface area contributed by atoms with E-state index in [1.54, 1.807) is 63.2 Å². The molecule has 6 rings (SSSR count). The highest BCUT2D eigenvalue weighted by Gasteiger charge is 2.17. The molecule has 0 unspecified atom stereocenters. The number of hydrogen-bond donors (Lipinski definition) is 5. The van der Waals surface area contributed by atoms with E-state index in [-0.39, 0.29) is 17.8 Å². The van der Waals surface area contributed by atoms with Gasteiger partial charge in [-0.15, -0.1) is 0 Å². The Morgan fingerprint density at radius 2 is 1.19 bits per heavy atom. The van der Waals surface area contributed by atoms with Gasteiger partial charge in [0, 0.05) is 40.4 Å². The van der Waals surface area contributed by atoms with Crippen LogP contribution in [-0.2, 0) is 16.1 Å². The standard InChI is InChI=1S/C42H44ClN11O4/c1-5-6-10-22-44-37-50-35(29-17-12-18-30(24-29)47-40(55)57-26-27-14-8-7-9-15-27)52-39(54-37)46-33-21-13-20-32(25-33)45-38-51-34(49-36(43)53-38)28-16-11-19-31(23-28)48-41(56)58-42(2,3)4/h7-9,11-21,23-25H,5-6,10,22,26H2,1-4H3,(H,47,55)(H,48,56)(H,45,49,51,53)(H2,44,46,50,52,54). The molecule has 2 aromatic heterocycles. The summed E-state index contributed by atoms with van der Waals surface area (Å²) in [4.78, 5) is 52.2. The minimum atomic E-state index is -0.646. The van der Waals surface area contributed by atoms with Gasteiger partial charge in [0.2, 0.25) is 23.1 Å². The van der Waals surface area contributed by atoms with E-state index in [9.17, 15) is 9.59 Å². The Balaban J connectivity index is 1.18. The van der Waals surface area contributed by atoms with E-state index in [0.29, 0.717) is 64.0 Å². The zero-order chi connectivity index (χ0) is 40.9. The molecule has 4 aromatic carbocycles. The fraction of sp³-hybridized carbons (Fsp3) is 0.238. The lowest BCUT2D eigenvalue weighted by Gasteiger charge is -2.19. The molecule has 15 nitrogen and oxygen atoms in total. The Morgan fingerprint density at radius 1 is 0.621 bits per heavy atom. The lowest BCUT2D eigenvalue weighted by molar-refractivity contribution is 0.0636. The largest absolute Gasteiger partial charge is 0.444 e. The van der Waals surface area contributed by atoms with Crippen molar-refractivity contribution < 1.29 is 19.1 Å². The van der Waals surface area contributed by atoms with Crippen molar-refractivity contribution in [3.63, 3.8) is 0 Å². The molecule has 16 heteroatoms. The summed E-state index contributed by atoms with van der Waals surface area (Å²) in [6, 6.07) is 31.1. The zero-order valence-electron chi connectivity index (χ0n) is 32.5. The van der Waals surface area contributed by atoms with Gasteiger partial charge >= 0.3 is 12.2 Å². The van der Waals surface area contributed by atoms with Gasteiger partial charge < -0.3 is 25.4 Å². The second-order valence-corrected chi connectivity index (χ2v) is 14.3. The Morgan fingerprint density at radius 3 is 1.83 bits per heavy atom. The lowest BCUT2D eigenvalue weighted by Crippen LogP contribution is -2.27. The van der Waals surface area contributed by atoms with E-state index >= 15 is 0 Å². The number of rotatable bonds is 15. The van der Waals surface area contributed by atoms with Gasteiger partial charge in [0.25, 0.3) is 0 Å². The maximum absolute atomic E-state index is 12.6. The monoisotopic (exact) mass is 801 g/mol. The highest BCUT2D eigenvalue weighted by Crippen LogP contribution is 2.27. The molecule has 0 fully saturated rings. The summed E-state index contributed by atoms with van der Waals surface area (Å²) >= 11 is 6.35. The number of hydrogen-bond acceptors (Lipinski definition) is 13. The van der Waals surface area contributed by atoms with Crippen molar-refractivity contribution in [3.8, 4) is 22.8 Å². The van der Waals surface area contributed by atoms with Gasteiger partial charge in [-0.2, -0.15) is 29.9 Å². The van der Waals surface area contributed by atoms with Crippen LogP contribution in [0.1, 0.15) is 52.5 Å². The summed E-state index contributed by atoms with van der Waals surface area (Å²) in [6.07, 6.45) is 1.93. The maximum Gasteiger partial charge on any atom is 0.412 e. The highest BCUT2D eigenvalue weighted by molar-refractivity contribution is 6.28. The fourth-order valence-electron chi connectivity index (χ4n) is 5.45. The average molecular weight is 802 g/mol. The van der Waals surface area contributed by atoms with Crippen molar-refractivity contribution >= 4 is 64.4 Å². The molecular weight excluding hydrogens is 758 g/mol. The normalized spacial score (nSPS) is 11.0. The fourth-order valence-corrected chi connectivity index (χ4v) is 5.61. The molecule has 0 spiro atoms. The van der Waals surface area contributed by atoms with Crippen LogP contribution >= 0.6 is 11.6 Å². The Hall–Kier alpha value is -6.87. The summed E-state index contributed by atoms with van der Waals surface area (Å²) in [5.74, 6) is 1.59. The summed E-state index contributed by atoms with van der Waals surface area (Å²) in [5.41, 5.74) is 3.83. The van der Waals surface area contributed by atoms with Crippen LogP contribution in [0.2, 0.25) is 5.28 Å². The van der Waals surface area contributed by atoms with Crippen LogP contribution in [0, 0.1) is 0 Å². The number of anilines is 7. The van der Waals surface area contributed by atoms with Gasteiger partial charge in [-0.25, -0.2) is 9.59 Å². The van der Waals surface area contributed by atoms with Gasteiger partial charge in [0.15, 0.2) is 11.6 Å². The molecule has 2 heterocycles. The molecule has 0 aliphatic heterocycles. The predicted molar refractivity (Wildman–Crippen MR) is 227 cm³/mol. The molecule has 6 aromatic rings. The van der Waals surface area contributed by atoms with Crippen LogP contribution in [0.15, 0.2) is 103 Å². The number of ether oxygens (including phenoxy) is 2. The van der Waals surface area contributed by atoms with Crippen LogP contribution in [0.25, 0.3) is 22.8 Å². The SMILES string of the molecule is CCCCCNc1nc(Nc2cccc(Nc3nc(Cl)nc(-c4cccc(NC(=O)OC(C)(C)C)c4)n3)c2)nc(-c2cccc(NC(=O)OCc3ccccc3)c2)n1. The number of benzene rings is 4. The van der Waals surface area contributed by atoms with Gasteiger partial charge in [-0.1, -0.05) is 80.4 Å². The maximum atomic E-state index is 12.6. The molecule has 5 N–H and O–H groups in total. The zero-order valence-corrected chi connectivity index (χ0v) is 33.3. The smallest absolute Gasteiger partial charge is 0.412 e. The number of nitrogens with zero attached hydrogens (tertiary/aromatic N) is 6. The van der Waals surface area contributed by atoms with Crippen molar-refractivity contribution in [1.82, 2.24) is 29.9 Å². The number of carbonyl (C=O) groups excluding carboxylic acids is 2. The number of aromatic nitrogens is 6. The molecule has 2 amide bonds. The second-order valence-electron chi connectivity index (χ2n) is 14.0. The minimum Gasteiger partial charge on any atom is -0.444 e. The van der Waals surface area contributed by atoms with E-state index < -0.39 is 17.8 Å². The number of unbranched alkanes of at least 4 members (excludes halogenated alkanes) is 2. The number of amides is 2. The van der Waals surface area contributed by atoms with E-state index in [2.05, 4.69) is 53.4 Å². The molecule has 0 aliphatic carbocycles. The summed E-state index contributed by atoms with van der Waals surface area (Å²) in [5, 5.41) is 15.3. The summed E-state index contributed by atoms with van der Waals surface area (Å²) < 4.78 is 10.8. The number of carbonyl (C=O) groups is 2. The lowest BCUT2D eigenvalue weighted by atomic mass is 10.2. The Kier molecular flexibility index (Phi) is 13.6. The first kappa shape index (κ1) is 40.8. The molecule has 0 atom stereocenters. The van der Waals surface area contributed by atoms with Crippen molar-refractivity contribution in [3.05, 3.63) is 114 Å². The van der Waals surface area contributed by atoms with Crippen LogP contribution in [-0.4, -0.2) is 54.2 Å². The second kappa shape index (κ2) is 19.3. The third-order valence-corrected chi connectivity index (χ3v) is 8.20. The van der Waals surface area contributed by atoms with E-state index in [4.69, 9.17) is 31.0 Å². The molecule has 298 valence electrons. The van der Waals surface area contributed by atoms with Crippen LogP contribution in [0.4, 0.5) is 50.2 Å². The third kappa shape index (κ3) is 12.6. The molecule has 0 radical (unpaired) electrons. The molecular formula is C42H44ClN11O4. The topological polar surface area (TPSA) is 190 Å². The van der Waals surface area contributed by atoms with E-state index in [0.717, 1.165) is 24.8 Å². The first-order valence-electron chi connectivity index (χ1n) is 18.7. The van der Waals surface area contributed by atoms with Gasteiger partial charge in [-0.3, -0.25) is 10.6 Å². The van der Waals surface area contributed by atoms with Crippen LogP contribution < -0.4 is 26.6 Å². The first-order chi connectivity index (χ1) is 28.0. The van der Waals surface area contributed by atoms with Crippen LogP contribution in [0.5, 0.6) is 0 Å². The molecule has 0 saturated carbocycles. The Bertz CT molecular complexity index is 2340. The number of halogens is 1.